The third kappa shape index (κ3) is 9.53. The van der Waals surface area contributed by atoms with Crippen LogP contribution >= 0.6 is 40.5 Å². The van der Waals surface area contributed by atoms with Gasteiger partial charge in [-0.3, -0.25) is 19.3 Å². The minimum Gasteiger partial charge on any atom is -0.377 e. The van der Waals surface area contributed by atoms with E-state index in [0.717, 1.165) is 38.4 Å². The molecule has 0 spiro atoms. The monoisotopic (exact) mass is 632 g/mol. The Morgan fingerprint density at radius 3 is 2.22 bits per heavy atom. The number of methoxy groups -OCH3 is 1. The van der Waals surface area contributed by atoms with E-state index in [9.17, 15) is 14.4 Å². The van der Waals surface area contributed by atoms with Crippen LogP contribution in [0.5, 0.6) is 0 Å². The lowest BCUT2D eigenvalue weighted by atomic mass is 9.87. The number of hydrogen-bond acceptors (Lipinski definition) is 7. The topological polar surface area (TPSA) is 91.4 Å². The molecule has 0 unspecified atom stereocenters. The van der Waals surface area contributed by atoms with Crippen LogP contribution in [0.2, 0.25) is 0 Å². The highest BCUT2D eigenvalue weighted by Crippen LogP contribution is 2.31. The molecule has 12 heteroatoms. The number of carbonyl (C=O) groups is 3. The molecule has 1 aromatic carbocycles. The number of amides is 2. The number of nitrogens with zero attached hydrogens (tertiary/aromatic N) is 3. The van der Waals surface area contributed by atoms with Crippen molar-refractivity contribution < 1.29 is 23.9 Å². The summed E-state index contributed by atoms with van der Waals surface area (Å²) < 4.78 is 11.1. The normalized spacial score (nSPS) is 22.9. The standard InChI is InChI=1S/C28H42N4O5.CH4.3H2S/c1-6-11-30-12-14-31(15-13-30)20-9-7-19(8-10-20)26(34)29-21(16-28(2,3)4)27(35)32-17-23(36-5)25-24(32)22(33)18-37-25;;;;/h7-10,21,23-25H,6,11-18H2,1-5H3,(H,29,34);1H4;3*1H2/t21-,23+,24+,25+;;;;/m0..../s1. The number of ether oxygens (including phenoxy) is 2. The Bertz CT molecular complexity index is 984. The van der Waals surface area contributed by atoms with Crippen LogP contribution in [0.1, 0.15) is 58.3 Å². The second kappa shape index (κ2) is 17.0. The molecule has 236 valence electrons. The van der Waals surface area contributed by atoms with Crippen molar-refractivity contribution in [2.75, 3.05) is 57.9 Å². The number of piperazine rings is 1. The Morgan fingerprint density at radius 2 is 1.68 bits per heavy atom. The summed E-state index contributed by atoms with van der Waals surface area (Å²) >= 11 is 0. The van der Waals surface area contributed by atoms with Gasteiger partial charge in [0.15, 0.2) is 5.78 Å². The molecule has 3 fully saturated rings. The first-order valence-corrected chi connectivity index (χ1v) is 13.5. The summed E-state index contributed by atoms with van der Waals surface area (Å²) in [6, 6.07) is 6.19. The maximum absolute atomic E-state index is 13.7. The summed E-state index contributed by atoms with van der Waals surface area (Å²) in [6.45, 7) is 13.7. The second-order valence-electron chi connectivity index (χ2n) is 11.6. The van der Waals surface area contributed by atoms with Crippen LogP contribution in [0.4, 0.5) is 5.69 Å². The Hall–Kier alpha value is -1.44. The predicted molar refractivity (Wildman–Crippen MR) is 180 cm³/mol. The fourth-order valence-corrected chi connectivity index (χ4v) is 5.67. The lowest BCUT2D eigenvalue weighted by molar-refractivity contribution is -0.138. The first-order chi connectivity index (χ1) is 17.6. The van der Waals surface area contributed by atoms with E-state index in [-0.39, 0.29) is 90.2 Å². The smallest absolute Gasteiger partial charge is 0.251 e. The van der Waals surface area contributed by atoms with E-state index in [4.69, 9.17) is 9.47 Å². The van der Waals surface area contributed by atoms with Crippen LogP contribution in [-0.2, 0) is 19.1 Å². The van der Waals surface area contributed by atoms with Gasteiger partial charge in [0.05, 0.1) is 6.54 Å². The van der Waals surface area contributed by atoms with E-state index >= 15 is 0 Å². The Balaban J connectivity index is 0.00000400. The van der Waals surface area contributed by atoms with Gasteiger partial charge in [0, 0.05) is 44.5 Å². The molecule has 3 aliphatic rings. The van der Waals surface area contributed by atoms with Gasteiger partial charge < -0.3 is 24.6 Å². The Kier molecular flexibility index (Phi) is 16.4. The SMILES string of the molecule is C.CCCN1CCN(c2ccc(C(=O)N[C@@H](CC(C)(C)C)C(=O)N3C[C@@H](OC)[C@H]4OCC(=O)[C@H]43)cc2)CC1.S.S.S. The molecule has 0 radical (unpaired) electrons. The fourth-order valence-electron chi connectivity index (χ4n) is 5.67. The molecule has 3 heterocycles. The van der Waals surface area contributed by atoms with Gasteiger partial charge in [-0.25, -0.2) is 0 Å². The molecule has 0 aliphatic carbocycles. The molecule has 41 heavy (non-hydrogen) atoms. The molecule has 9 nitrogen and oxygen atoms in total. The van der Waals surface area contributed by atoms with Crippen LogP contribution in [0.3, 0.4) is 0 Å². The molecule has 3 aliphatic heterocycles. The van der Waals surface area contributed by atoms with Gasteiger partial charge in [-0.05, 0) is 49.1 Å². The average molecular weight is 633 g/mol. The first kappa shape index (κ1) is 39.6. The largest absolute Gasteiger partial charge is 0.377 e. The number of anilines is 1. The van der Waals surface area contributed by atoms with Gasteiger partial charge in [-0.1, -0.05) is 35.1 Å². The van der Waals surface area contributed by atoms with Crippen molar-refractivity contribution in [3.05, 3.63) is 29.8 Å². The van der Waals surface area contributed by atoms with Gasteiger partial charge in [-0.2, -0.15) is 40.5 Å². The number of nitrogens with one attached hydrogen (secondary N) is 1. The van der Waals surface area contributed by atoms with Crippen LogP contribution in [0, 0.1) is 5.41 Å². The third-order valence-electron chi connectivity index (χ3n) is 7.55. The van der Waals surface area contributed by atoms with Gasteiger partial charge >= 0.3 is 0 Å². The molecule has 1 aromatic rings. The molecule has 3 saturated heterocycles. The van der Waals surface area contributed by atoms with E-state index in [1.807, 2.05) is 45.0 Å². The summed E-state index contributed by atoms with van der Waals surface area (Å²) in [6.07, 6.45) is 0.795. The van der Waals surface area contributed by atoms with Crippen molar-refractivity contribution in [3.8, 4) is 0 Å². The minimum atomic E-state index is -0.761. The molecule has 0 aromatic heterocycles. The number of hydrogen-bond donors (Lipinski definition) is 1. The summed E-state index contributed by atoms with van der Waals surface area (Å²) in [7, 11) is 1.56. The molecular formula is C29H52N4O5S3. The van der Waals surface area contributed by atoms with Gasteiger partial charge in [-0.15, -0.1) is 0 Å². The number of likely N-dealkylation sites (tertiary alicyclic amines) is 1. The van der Waals surface area contributed by atoms with Crippen LogP contribution in [0.15, 0.2) is 24.3 Å². The maximum Gasteiger partial charge on any atom is 0.251 e. The number of carbonyl (C=O) groups excluding carboxylic acids is 3. The highest BCUT2D eigenvalue weighted by molar-refractivity contribution is 7.59. The first-order valence-electron chi connectivity index (χ1n) is 13.5. The van der Waals surface area contributed by atoms with Gasteiger partial charge in [0.25, 0.3) is 5.91 Å². The lowest BCUT2D eigenvalue weighted by Crippen LogP contribution is -2.53. The number of Topliss-reactive ketones (excluding diaryl/α,β-unsaturated/α-hetero) is 1. The summed E-state index contributed by atoms with van der Waals surface area (Å²) in [4.78, 5) is 45.9. The lowest BCUT2D eigenvalue weighted by Gasteiger charge is -2.36. The van der Waals surface area contributed by atoms with Crippen molar-refractivity contribution >= 4 is 63.8 Å². The van der Waals surface area contributed by atoms with Crippen molar-refractivity contribution in [2.45, 2.75) is 72.3 Å². The molecule has 0 saturated carbocycles. The van der Waals surface area contributed by atoms with E-state index < -0.39 is 18.2 Å². The van der Waals surface area contributed by atoms with E-state index in [1.165, 1.54) is 6.42 Å². The summed E-state index contributed by atoms with van der Waals surface area (Å²) in [5.74, 6) is -0.682. The molecular weight excluding hydrogens is 581 g/mol. The van der Waals surface area contributed by atoms with E-state index in [2.05, 4.69) is 22.0 Å². The zero-order valence-corrected chi connectivity index (χ0v) is 27.4. The molecule has 0 bridgehead atoms. The van der Waals surface area contributed by atoms with Crippen molar-refractivity contribution in [2.24, 2.45) is 5.41 Å². The minimum absolute atomic E-state index is 0. The van der Waals surface area contributed by atoms with E-state index in [1.54, 1.807) is 12.0 Å². The highest BCUT2D eigenvalue weighted by atomic mass is 32.1. The zero-order valence-electron chi connectivity index (χ0n) is 24.4. The number of rotatable bonds is 8. The summed E-state index contributed by atoms with van der Waals surface area (Å²) in [5.41, 5.74) is 1.39. The van der Waals surface area contributed by atoms with Crippen molar-refractivity contribution in [1.29, 1.82) is 0 Å². The van der Waals surface area contributed by atoms with Crippen LogP contribution < -0.4 is 10.2 Å². The highest BCUT2D eigenvalue weighted by Gasteiger charge is 2.53. The van der Waals surface area contributed by atoms with Gasteiger partial charge in [0.2, 0.25) is 5.91 Å². The summed E-state index contributed by atoms with van der Waals surface area (Å²) in [5, 5.41) is 2.97. The average Bonchev–Trinajstić information content (AvgIpc) is 3.43. The Labute approximate surface area is 267 Å². The van der Waals surface area contributed by atoms with Crippen molar-refractivity contribution in [1.82, 2.24) is 15.1 Å². The molecule has 4 rings (SSSR count). The predicted octanol–water partition coefficient (Wildman–Crippen LogP) is 2.92. The fraction of sp³-hybridized carbons (Fsp3) is 0.690. The Morgan fingerprint density at radius 1 is 1.07 bits per heavy atom. The second-order valence-corrected chi connectivity index (χ2v) is 11.6. The van der Waals surface area contributed by atoms with E-state index in [0.29, 0.717) is 12.0 Å². The molecule has 1 N–H and O–H groups in total. The maximum atomic E-state index is 13.7. The number of fused-ring (bicyclic) bond motifs is 1. The number of benzene rings is 1. The van der Waals surface area contributed by atoms with Crippen LogP contribution in [-0.4, -0.2) is 105 Å². The zero-order chi connectivity index (χ0) is 26.7. The quantitative estimate of drug-likeness (QED) is 0.472. The molecule has 4 atom stereocenters. The molecule has 2 amide bonds. The van der Waals surface area contributed by atoms with Crippen LogP contribution in [0.25, 0.3) is 0 Å². The number of ketones is 1. The van der Waals surface area contributed by atoms with Crippen molar-refractivity contribution in [3.63, 3.8) is 0 Å². The third-order valence-corrected chi connectivity index (χ3v) is 7.55. The van der Waals surface area contributed by atoms with Gasteiger partial charge in [0.1, 0.15) is 30.9 Å².